The van der Waals surface area contributed by atoms with Crippen LogP contribution in [-0.4, -0.2) is 32.9 Å². The van der Waals surface area contributed by atoms with Gasteiger partial charge in [-0.05, 0) is 49.7 Å². The van der Waals surface area contributed by atoms with Crippen LogP contribution in [0.3, 0.4) is 0 Å². The summed E-state index contributed by atoms with van der Waals surface area (Å²) in [5.41, 5.74) is 2.62. The number of nitrogens with zero attached hydrogens (tertiary/aromatic N) is 4. The number of aromatic nitrogens is 4. The van der Waals surface area contributed by atoms with Crippen molar-refractivity contribution >= 4 is 28.5 Å². The van der Waals surface area contributed by atoms with Crippen molar-refractivity contribution in [2.45, 2.75) is 20.3 Å². The van der Waals surface area contributed by atoms with E-state index in [1.807, 2.05) is 66.2 Å². The molecular formula is C22H24N6O. The van der Waals surface area contributed by atoms with Gasteiger partial charge in [0.25, 0.3) is 0 Å². The van der Waals surface area contributed by atoms with Gasteiger partial charge in [0.1, 0.15) is 11.6 Å². The molecule has 0 spiro atoms. The minimum absolute atomic E-state index is 0.575. The minimum atomic E-state index is 0.575. The molecule has 0 radical (unpaired) electrons. The highest BCUT2D eigenvalue weighted by atomic mass is 16.5. The Kier molecular flexibility index (Phi) is 5.56. The van der Waals surface area contributed by atoms with Crippen LogP contribution in [-0.2, 0) is 0 Å². The molecule has 4 rings (SSSR count). The third kappa shape index (κ3) is 4.13. The lowest BCUT2D eigenvalue weighted by molar-refractivity contribution is 0.340. The summed E-state index contributed by atoms with van der Waals surface area (Å²) in [6, 6.07) is 17.8. The van der Waals surface area contributed by atoms with Gasteiger partial charge < -0.3 is 15.4 Å². The number of rotatable bonds is 8. The summed E-state index contributed by atoms with van der Waals surface area (Å²) in [7, 11) is 0. The molecule has 0 amide bonds. The fourth-order valence-corrected chi connectivity index (χ4v) is 3.02. The monoisotopic (exact) mass is 388 g/mol. The highest BCUT2D eigenvalue weighted by Crippen LogP contribution is 2.27. The van der Waals surface area contributed by atoms with E-state index in [4.69, 9.17) is 9.72 Å². The summed E-state index contributed by atoms with van der Waals surface area (Å²) >= 11 is 0. The molecule has 0 aliphatic rings. The number of hydrogen-bond acceptors (Lipinski definition) is 6. The predicted molar refractivity (Wildman–Crippen MR) is 116 cm³/mol. The average molecular weight is 388 g/mol. The zero-order valence-corrected chi connectivity index (χ0v) is 16.6. The second-order valence-electron chi connectivity index (χ2n) is 6.53. The Balaban J connectivity index is 1.74. The van der Waals surface area contributed by atoms with Gasteiger partial charge in [-0.15, -0.1) is 0 Å². The quantitative estimate of drug-likeness (QED) is 0.452. The third-order valence-electron chi connectivity index (χ3n) is 4.39. The maximum Gasteiger partial charge on any atom is 0.226 e. The molecule has 0 aliphatic heterocycles. The van der Waals surface area contributed by atoms with Crippen LogP contribution in [0, 0.1) is 0 Å². The first-order valence-corrected chi connectivity index (χ1v) is 9.83. The molecule has 7 heteroatoms. The molecule has 0 saturated heterocycles. The standard InChI is InChI=1S/C22H24N6O/c1-3-14-23-22-26-20(25-16-10-12-18(13-11-16)29-4-2)19-15-24-28(21(19)27-22)17-8-6-5-7-9-17/h5-13,15H,3-4,14H2,1-2H3,(H2,23,25,26,27). The smallest absolute Gasteiger partial charge is 0.226 e. The summed E-state index contributed by atoms with van der Waals surface area (Å²) in [5, 5.41) is 12.1. The van der Waals surface area contributed by atoms with Crippen LogP contribution in [0.4, 0.5) is 17.5 Å². The highest BCUT2D eigenvalue weighted by molar-refractivity contribution is 5.90. The molecular weight excluding hydrogens is 364 g/mol. The lowest BCUT2D eigenvalue weighted by atomic mass is 10.3. The second kappa shape index (κ2) is 8.60. The number of anilines is 3. The predicted octanol–water partition coefficient (Wildman–Crippen LogP) is 4.78. The van der Waals surface area contributed by atoms with Gasteiger partial charge in [0, 0.05) is 12.2 Å². The van der Waals surface area contributed by atoms with Gasteiger partial charge in [-0.2, -0.15) is 15.1 Å². The Morgan fingerprint density at radius 3 is 2.48 bits per heavy atom. The van der Waals surface area contributed by atoms with E-state index in [9.17, 15) is 0 Å². The van der Waals surface area contributed by atoms with E-state index in [0.29, 0.717) is 18.4 Å². The molecule has 7 nitrogen and oxygen atoms in total. The van der Waals surface area contributed by atoms with Crippen LogP contribution in [0.15, 0.2) is 60.8 Å². The minimum Gasteiger partial charge on any atom is -0.494 e. The van der Waals surface area contributed by atoms with Gasteiger partial charge >= 0.3 is 0 Å². The highest BCUT2D eigenvalue weighted by Gasteiger charge is 2.14. The van der Waals surface area contributed by atoms with Gasteiger partial charge in [-0.25, -0.2) is 4.68 Å². The van der Waals surface area contributed by atoms with E-state index in [-0.39, 0.29) is 0 Å². The fraction of sp³-hybridized carbons (Fsp3) is 0.227. The summed E-state index contributed by atoms with van der Waals surface area (Å²) in [6.45, 7) is 5.52. The summed E-state index contributed by atoms with van der Waals surface area (Å²) < 4.78 is 7.35. The number of ether oxygens (including phenoxy) is 1. The van der Waals surface area contributed by atoms with E-state index >= 15 is 0 Å². The van der Waals surface area contributed by atoms with E-state index < -0.39 is 0 Å². The number of fused-ring (bicyclic) bond motifs is 1. The average Bonchev–Trinajstić information content (AvgIpc) is 3.19. The van der Waals surface area contributed by atoms with Crippen molar-refractivity contribution in [1.29, 1.82) is 0 Å². The van der Waals surface area contributed by atoms with Crippen molar-refractivity contribution < 1.29 is 4.74 Å². The maximum atomic E-state index is 5.52. The van der Waals surface area contributed by atoms with Gasteiger partial charge in [0.15, 0.2) is 5.65 Å². The lowest BCUT2D eigenvalue weighted by Gasteiger charge is -2.11. The second-order valence-corrected chi connectivity index (χ2v) is 6.53. The molecule has 2 N–H and O–H groups in total. The van der Waals surface area contributed by atoms with Gasteiger partial charge in [0.2, 0.25) is 5.95 Å². The van der Waals surface area contributed by atoms with Crippen LogP contribution in [0.2, 0.25) is 0 Å². The first-order valence-electron chi connectivity index (χ1n) is 9.83. The normalized spacial score (nSPS) is 10.8. The van der Waals surface area contributed by atoms with Crippen LogP contribution in [0.25, 0.3) is 16.7 Å². The number of para-hydroxylation sites is 1. The molecule has 0 unspecified atom stereocenters. The van der Waals surface area contributed by atoms with E-state index in [2.05, 4.69) is 27.6 Å². The van der Waals surface area contributed by atoms with E-state index in [1.165, 1.54) is 0 Å². The molecule has 29 heavy (non-hydrogen) atoms. The van der Waals surface area contributed by atoms with E-state index in [1.54, 1.807) is 6.20 Å². The molecule has 2 aromatic heterocycles. The Morgan fingerprint density at radius 1 is 0.966 bits per heavy atom. The Labute approximate surface area is 169 Å². The third-order valence-corrected chi connectivity index (χ3v) is 4.39. The molecule has 2 heterocycles. The SMILES string of the molecule is CCCNc1nc(Nc2ccc(OCC)cc2)c2cnn(-c3ccccc3)c2n1. The Morgan fingerprint density at radius 2 is 1.76 bits per heavy atom. The molecule has 2 aromatic carbocycles. The van der Waals surface area contributed by atoms with E-state index in [0.717, 1.165) is 41.1 Å². The first kappa shape index (κ1) is 18.7. The van der Waals surface area contributed by atoms with Crippen molar-refractivity contribution in [2.75, 3.05) is 23.8 Å². The molecule has 0 saturated carbocycles. The van der Waals surface area contributed by atoms with Crippen LogP contribution >= 0.6 is 0 Å². The Bertz CT molecular complexity index is 1080. The number of nitrogens with one attached hydrogen (secondary N) is 2. The molecule has 0 bridgehead atoms. The van der Waals surface area contributed by atoms with Crippen molar-refractivity contribution in [3.8, 4) is 11.4 Å². The molecule has 0 fully saturated rings. The van der Waals surface area contributed by atoms with Crippen molar-refractivity contribution in [3.63, 3.8) is 0 Å². The lowest BCUT2D eigenvalue weighted by Crippen LogP contribution is -2.08. The van der Waals surface area contributed by atoms with Crippen molar-refractivity contribution in [1.82, 2.24) is 19.7 Å². The van der Waals surface area contributed by atoms with Crippen molar-refractivity contribution in [2.24, 2.45) is 0 Å². The van der Waals surface area contributed by atoms with Crippen LogP contribution in [0.1, 0.15) is 20.3 Å². The molecule has 4 aromatic rings. The van der Waals surface area contributed by atoms with Crippen LogP contribution < -0.4 is 15.4 Å². The number of benzene rings is 2. The van der Waals surface area contributed by atoms with Crippen LogP contribution in [0.5, 0.6) is 5.75 Å². The van der Waals surface area contributed by atoms with Gasteiger partial charge in [0.05, 0.1) is 23.9 Å². The molecule has 0 aliphatic carbocycles. The number of hydrogen-bond donors (Lipinski definition) is 2. The summed E-state index contributed by atoms with van der Waals surface area (Å²) in [4.78, 5) is 9.39. The van der Waals surface area contributed by atoms with Gasteiger partial charge in [-0.1, -0.05) is 25.1 Å². The maximum absolute atomic E-state index is 5.52. The summed E-state index contributed by atoms with van der Waals surface area (Å²) in [6.07, 6.45) is 2.78. The largest absolute Gasteiger partial charge is 0.494 e. The Hall–Kier alpha value is -3.61. The van der Waals surface area contributed by atoms with Gasteiger partial charge in [-0.3, -0.25) is 0 Å². The molecule has 148 valence electrons. The topological polar surface area (TPSA) is 76.9 Å². The zero-order valence-electron chi connectivity index (χ0n) is 16.6. The molecule has 0 atom stereocenters. The fourth-order valence-electron chi connectivity index (χ4n) is 3.02. The summed E-state index contributed by atoms with van der Waals surface area (Å²) in [5.74, 6) is 2.12. The zero-order chi connectivity index (χ0) is 20.1. The van der Waals surface area contributed by atoms with Crippen molar-refractivity contribution in [3.05, 3.63) is 60.8 Å². The first-order chi connectivity index (χ1) is 14.3.